The first kappa shape index (κ1) is 17.9. The summed E-state index contributed by atoms with van der Waals surface area (Å²) in [4.78, 5) is 0. The molecule has 1 aromatic rings. The Morgan fingerprint density at radius 2 is 2.10 bits per heavy atom. The highest BCUT2D eigenvalue weighted by Crippen LogP contribution is 2.21. The van der Waals surface area contributed by atoms with E-state index in [9.17, 15) is 4.39 Å². The van der Waals surface area contributed by atoms with E-state index in [0.717, 1.165) is 39.0 Å². The molecule has 0 radical (unpaired) electrons. The van der Waals surface area contributed by atoms with Gasteiger partial charge in [-0.3, -0.25) is 0 Å². The van der Waals surface area contributed by atoms with Gasteiger partial charge in [0.1, 0.15) is 0 Å². The van der Waals surface area contributed by atoms with Gasteiger partial charge in [-0.05, 0) is 50.8 Å². The van der Waals surface area contributed by atoms with Crippen LogP contribution in [0.4, 0.5) is 4.39 Å². The second kappa shape index (κ2) is 10.6. The van der Waals surface area contributed by atoms with Crippen LogP contribution < -0.4 is 10.1 Å². The lowest BCUT2D eigenvalue weighted by Crippen LogP contribution is -2.32. The van der Waals surface area contributed by atoms with E-state index in [1.807, 2.05) is 19.1 Å². The van der Waals surface area contributed by atoms with Gasteiger partial charge in [0, 0.05) is 19.3 Å². The van der Waals surface area contributed by atoms with Crippen LogP contribution in [0.25, 0.3) is 0 Å². The fraction of sp³-hybridized carbons (Fsp3) is 0.647. The van der Waals surface area contributed by atoms with Crippen LogP contribution in [0.3, 0.4) is 0 Å². The fourth-order valence-electron chi connectivity index (χ4n) is 2.34. The van der Waals surface area contributed by atoms with Crippen molar-refractivity contribution in [3.8, 4) is 5.75 Å². The molecule has 0 aliphatic carbocycles. The smallest absolute Gasteiger partial charge is 0.168 e. The van der Waals surface area contributed by atoms with Gasteiger partial charge in [-0.1, -0.05) is 19.1 Å². The Kier molecular flexibility index (Phi) is 9.02. The summed E-state index contributed by atoms with van der Waals surface area (Å²) in [6.45, 7) is 6.60. The van der Waals surface area contributed by atoms with E-state index in [0.29, 0.717) is 17.7 Å². The Balaban J connectivity index is 2.62. The van der Waals surface area contributed by atoms with Crippen molar-refractivity contribution in [2.75, 3.05) is 26.9 Å². The van der Waals surface area contributed by atoms with Crippen LogP contribution in [-0.2, 0) is 11.2 Å². The molecule has 1 unspecified atom stereocenters. The van der Waals surface area contributed by atoms with E-state index in [2.05, 4.69) is 12.2 Å². The molecule has 0 aliphatic rings. The molecule has 1 aromatic carbocycles. The largest absolute Gasteiger partial charge is 0.494 e. The van der Waals surface area contributed by atoms with Gasteiger partial charge >= 0.3 is 0 Å². The maximum atomic E-state index is 14.2. The molecule has 1 atom stereocenters. The normalized spacial score (nSPS) is 12.4. The van der Waals surface area contributed by atoms with Gasteiger partial charge in [0.25, 0.3) is 0 Å². The fourth-order valence-corrected chi connectivity index (χ4v) is 2.34. The van der Waals surface area contributed by atoms with Crippen molar-refractivity contribution in [3.05, 3.63) is 29.6 Å². The SMILES string of the molecule is CCCNC(CCCOCC)Cc1cccc(OC)c1F. The van der Waals surface area contributed by atoms with Crippen molar-refractivity contribution in [3.63, 3.8) is 0 Å². The Morgan fingerprint density at radius 3 is 2.76 bits per heavy atom. The summed E-state index contributed by atoms with van der Waals surface area (Å²) < 4.78 is 24.6. The molecule has 0 spiro atoms. The Morgan fingerprint density at radius 1 is 1.29 bits per heavy atom. The third-order valence-corrected chi connectivity index (χ3v) is 3.46. The van der Waals surface area contributed by atoms with Crippen molar-refractivity contribution in [1.29, 1.82) is 0 Å². The summed E-state index contributed by atoms with van der Waals surface area (Å²) in [5, 5.41) is 3.50. The zero-order valence-electron chi connectivity index (χ0n) is 13.5. The molecule has 0 heterocycles. The molecule has 1 rings (SSSR count). The lowest BCUT2D eigenvalue weighted by molar-refractivity contribution is 0.140. The summed E-state index contributed by atoms with van der Waals surface area (Å²) in [5.74, 6) is 0.0733. The summed E-state index contributed by atoms with van der Waals surface area (Å²) >= 11 is 0. The highest BCUT2D eigenvalue weighted by molar-refractivity contribution is 5.31. The van der Waals surface area contributed by atoms with Gasteiger partial charge in [-0.2, -0.15) is 0 Å². The molecule has 0 fully saturated rings. The standard InChI is InChI=1S/C17H28FNO2/c1-4-11-19-15(9-7-12-21-5-2)13-14-8-6-10-16(20-3)17(14)18/h6,8,10,15,19H,4-5,7,9,11-13H2,1-3H3. The van der Waals surface area contributed by atoms with Crippen LogP contribution in [0.2, 0.25) is 0 Å². The van der Waals surface area contributed by atoms with Gasteiger partial charge in [-0.15, -0.1) is 0 Å². The molecule has 1 N–H and O–H groups in total. The van der Waals surface area contributed by atoms with Crippen molar-refractivity contribution in [1.82, 2.24) is 5.32 Å². The monoisotopic (exact) mass is 297 g/mol. The highest BCUT2D eigenvalue weighted by atomic mass is 19.1. The Bertz CT molecular complexity index is 398. The summed E-state index contributed by atoms with van der Waals surface area (Å²) in [5.41, 5.74) is 0.708. The first-order valence-electron chi connectivity index (χ1n) is 7.85. The average Bonchev–Trinajstić information content (AvgIpc) is 2.50. The number of benzene rings is 1. The minimum atomic E-state index is -0.242. The van der Waals surface area contributed by atoms with E-state index in [1.165, 1.54) is 7.11 Å². The minimum Gasteiger partial charge on any atom is -0.494 e. The van der Waals surface area contributed by atoms with Crippen LogP contribution in [0, 0.1) is 5.82 Å². The van der Waals surface area contributed by atoms with E-state index >= 15 is 0 Å². The lowest BCUT2D eigenvalue weighted by atomic mass is 10.0. The van der Waals surface area contributed by atoms with Crippen LogP contribution in [0.15, 0.2) is 18.2 Å². The Labute approximate surface area is 127 Å². The predicted molar refractivity (Wildman–Crippen MR) is 84.5 cm³/mol. The molecule has 0 saturated heterocycles. The Hall–Kier alpha value is -1.13. The molecule has 4 heteroatoms. The summed E-state index contributed by atoms with van der Waals surface area (Å²) in [6, 6.07) is 5.60. The first-order chi connectivity index (χ1) is 10.2. The maximum Gasteiger partial charge on any atom is 0.168 e. The topological polar surface area (TPSA) is 30.5 Å². The molecule has 0 bridgehead atoms. The number of ether oxygens (including phenoxy) is 2. The average molecular weight is 297 g/mol. The van der Waals surface area contributed by atoms with E-state index in [-0.39, 0.29) is 11.9 Å². The lowest BCUT2D eigenvalue weighted by Gasteiger charge is -2.19. The minimum absolute atomic E-state index is 0.242. The van der Waals surface area contributed by atoms with E-state index in [1.54, 1.807) is 6.07 Å². The van der Waals surface area contributed by atoms with Crippen LogP contribution >= 0.6 is 0 Å². The highest BCUT2D eigenvalue weighted by Gasteiger charge is 2.14. The van der Waals surface area contributed by atoms with Crippen molar-refractivity contribution in [2.45, 2.75) is 45.6 Å². The second-order valence-corrected chi connectivity index (χ2v) is 5.13. The van der Waals surface area contributed by atoms with E-state index in [4.69, 9.17) is 9.47 Å². The molecule has 120 valence electrons. The third kappa shape index (κ3) is 6.44. The van der Waals surface area contributed by atoms with Gasteiger partial charge < -0.3 is 14.8 Å². The maximum absolute atomic E-state index is 14.2. The summed E-state index contributed by atoms with van der Waals surface area (Å²) in [6.07, 6.45) is 3.72. The number of methoxy groups -OCH3 is 1. The van der Waals surface area contributed by atoms with Gasteiger partial charge in [0.05, 0.1) is 7.11 Å². The quantitative estimate of drug-likeness (QED) is 0.634. The number of rotatable bonds is 11. The molecule has 0 aromatic heterocycles. The zero-order chi connectivity index (χ0) is 15.5. The molecule has 0 saturated carbocycles. The summed E-state index contributed by atoms with van der Waals surface area (Å²) in [7, 11) is 1.50. The molecule has 0 amide bonds. The molecule has 0 aliphatic heterocycles. The van der Waals surface area contributed by atoms with Crippen LogP contribution in [0.5, 0.6) is 5.75 Å². The zero-order valence-corrected chi connectivity index (χ0v) is 13.5. The van der Waals surface area contributed by atoms with Crippen molar-refractivity contribution in [2.24, 2.45) is 0 Å². The van der Waals surface area contributed by atoms with Crippen LogP contribution in [0.1, 0.15) is 38.7 Å². The second-order valence-electron chi connectivity index (χ2n) is 5.13. The molecule has 21 heavy (non-hydrogen) atoms. The van der Waals surface area contributed by atoms with Gasteiger partial charge in [0.2, 0.25) is 0 Å². The number of halogens is 1. The molecular weight excluding hydrogens is 269 g/mol. The van der Waals surface area contributed by atoms with Gasteiger partial charge in [0.15, 0.2) is 11.6 Å². The third-order valence-electron chi connectivity index (χ3n) is 3.46. The van der Waals surface area contributed by atoms with Crippen LogP contribution in [-0.4, -0.2) is 32.9 Å². The van der Waals surface area contributed by atoms with Crippen molar-refractivity contribution < 1.29 is 13.9 Å². The van der Waals surface area contributed by atoms with E-state index < -0.39 is 0 Å². The van der Waals surface area contributed by atoms with Crippen molar-refractivity contribution >= 4 is 0 Å². The molecule has 3 nitrogen and oxygen atoms in total. The first-order valence-corrected chi connectivity index (χ1v) is 7.85. The molecular formula is C17H28FNO2. The predicted octanol–water partition coefficient (Wildman–Crippen LogP) is 3.56. The number of hydrogen-bond donors (Lipinski definition) is 1. The number of nitrogens with one attached hydrogen (secondary N) is 1. The number of hydrogen-bond acceptors (Lipinski definition) is 3. The van der Waals surface area contributed by atoms with Gasteiger partial charge in [-0.25, -0.2) is 4.39 Å².